The van der Waals surface area contributed by atoms with E-state index >= 15 is 0 Å². The first kappa shape index (κ1) is 10.6. The Morgan fingerprint density at radius 3 is 2.58 bits per heavy atom. The monoisotopic (exact) mass is 170 g/mol. The van der Waals surface area contributed by atoms with E-state index < -0.39 is 5.97 Å². The van der Waals surface area contributed by atoms with Crippen LogP contribution in [0.2, 0.25) is 0 Å². The van der Waals surface area contributed by atoms with Crippen LogP contribution in [0.25, 0.3) is 0 Å². The van der Waals surface area contributed by atoms with Crippen molar-refractivity contribution < 1.29 is 20.5 Å². The maximum atomic E-state index is 10.4. The zero-order valence-electron chi connectivity index (χ0n) is 6.32. The van der Waals surface area contributed by atoms with Crippen molar-refractivity contribution in [2.45, 2.75) is 6.61 Å². The van der Waals surface area contributed by atoms with Gasteiger partial charge in [0.1, 0.15) is 0 Å². The fraction of sp³-hybridized carbons (Fsp3) is 0.125. The van der Waals surface area contributed by atoms with Gasteiger partial charge in [-0.15, -0.1) is 0 Å². The molecule has 0 unspecified atom stereocenters. The molecule has 0 saturated heterocycles. The molecule has 0 aliphatic carbocycles. The van der Waals surface area contributed by atoms with Crippen LogP contribution in [-0.2, 0) is 6.61 Å². The number of aliphatic hydroxyl groups excluding tert-OH is 1. The van der Waals surface area contributed by atoms with Gasteiger partial charge >= 0.3 is 5.97 Å². The van der Waals surface area contributed by atoms with Crippen LogP contribution in [0, 0.1) is 0 Å². The minimum Gasteiger partial charge on any atom is -0.478 e. The Kier molecular flexibility index (Phi) is 3.96. The lowest BCUT2D eigenvalue weighted by Gasteiger charge is -1.96. The third kappa shape index (κ3) is 2.34. The predicted molar refractivity (Wildman–Crippen MR) is 42.9 cm³/mol. The van der Waals surface area contributed by atoms with Crippen LogP contribution >= 0.6 is 0 Å². The molecule has 0 saturated carbocycles. The molecule has 12 heavy (non-hydrogen) atoms. The van der Waals surface area contributed by atoms with Crippen molar-refractivity contribution in [2.24, 2.45) is 0 Å². The van der Waals surface area contributed by atoms with Crippen LogP contribution in [-0.4, -0.2) is 21.7 Å². The van der Waals surface area contributed by atoms with E-state index in [9.17, 15) is 4.79 Å². The number of carboxylic acids is 1. The van der Waals surface area contributed by atoms with E-state index in [0.29, 0.717) is 5.56 Å². The largest absolute Gasteiger partial charge is 0.478 e. The zero-order valence-corrected chi connectivity index (χ0v) is 6.32. The summed E-state index contributed by atoms with van der Waals surface area (Å²) in [6, 6.07) is 6.21. The molecule has 0 spiro atoms. The lowest BCUT2D eigenvalue weighted by atomic mass is 10.1. The van der Waals surface area contributed by atoms with Gasteiger partial charge in [0.05, 0.1) is 12.2 Å². The Bertz CT molecular complexity index is 270. The van der Waals surface area contributed by atoms with Gasteiger partial charge in [0, 0.05) is 0 Å². The molecule has 0 bridgehead atoms. The van der Waals surface area contributed by atoms with Crippen LogP contribution in [0.5, 0.6) is 0 Å². The molecule has 1 aromatic carbocycles. The van der Waals surface area contributed by atoms with Crippen LogP contribution < -0.4 is 0 Å². The van der Waals surface area contributed by atoms with Gasteiger partial charge in [0.15, 0.2) is 0 Å². The summed E-state index contributed by atoms with van der Waals surface area (Å²) in [7, 11) is 0. The predicted octanol–water partition coefficient (Wildman–Crippen LogP) is 0.0524. The SMILES string of the molecule is O.O=C(O)c1cccc(CO)c1. The molecule has 0 fully saturated rings. The number of carbonyl (C=O) groups is 1. The molecule has 1 rings (SSSR count). The smallest absolute Gasteiger partial charge is 0.335 e. The van der Waals surface area contributed by atoms with Crippen molar-refractivity contribution in [2.75, 3.05) is 0 Å². The summed E-state index contributed by atoms with van der Waals surface area (Å²) < 4.78 is 0. The lowest BCUT2D eigenvalue weighted by molar-refractivity contribution is 0.0696. The highest BCUT2D eigenvalue weighted by Gasteiger charge is 2.01. The lowest BCUT2D eigenvalue weighted by Crippen LogP contribution is -1.96. The number of carboxylic acid groups (broad SMARTS) is 1. The van der Waals surface area contributed by atoms with Crippen molar-refractivity contribution in [3.63, 3.8) is 0 Å². The molecule has 0 aliphatic rings. The summed E-state index contributed by atoms with van der Waals surface area (Å²) in [5.74, 6) is -0.972. The second kappa shape index (κ2) is 4.48. The second-order valence-corrected chi connectivity index (χ2v) is 2.16. The van der Waals surface area contributed by atoms with Crippen LogP contribution in [0.4, 0.5) is 0 Å². The molecule has 4 nitrogen and oxygen atoms in total. The third-order valence-corrected chi connectivity index (χ3v) is 1.36. The maximum Gasteiger partial charge on any atom is 0.335 e. The van der Waals surface area contributed by atoms with E-state index in [1.165, 1.54) is 12.1 Å². The standard InChI is InChI=1S/C8H8O3.H2O/c9-5-6-2-1-3-7(4-6)8(10)11;/h1-4,9H,5H2,(H,10,11);1H2. The quantitative estimate of drug-likeness (QED) is 0.657. The molecule has 0 radical (unpaired) electrons. The van der Waals surface area contributed by atoms with E-state index in [4.69, 9.17) is 10.2 Å². The Morgan fingerprint density at radius 1 is 1.42 bits per heavy atom. The summed E-state index contributed by atoms with van der Waals surface area (Å²) in [5.41, 5.74) is 0.821. The molecule has 1 aromatic rings. The van der Waals surface area contributed by atoms with Crippen LogP contribution in [0.1, 0.15) is 15.9 Å². The van der Waals surface area contributed by atoms with E-state index in [-0.39, 0.29) is 17.6 Å². The average Bonchev–Trinajstić information content (AvgIpc) is 2.05. The molecule has 0 aliphatic heterocycles. The highest BCUT2D eigenvalue weighted by atomic mass is 16.4. The molecule has 4 N–H and O–H groups in total. The average molecular weight is 170 g/mol. The topological polar surface area (TPSA) is 89.0 Å². The summed E-state index contributed by atoms with van der Waals surface area (Å²) in [5, 5.41) is 17.2. The Morgan fingerprint density at radius 2 is 2.08 bits per heavy atom. The first-order valence-corrected chi connectivity index (χ1v) is 3.17. The van der Waals surface area contributed by atoms with Gasteiger partial charge in [-0.1, -0.05) is 12.1 Å². The van der Waals surface area contributed by atoms with E-state index in [2.05, 4.69) is 0 Å². The number of rotatable bonds is 2. The molecule has 66 valence electrons. The first-order chi connectivity index (χ1) is 5.24. The fourth-order valence-electron chi connectivity index (χ4n) is 0.803. The van der Waals surface area contributed by atoms with Gasteiger partial charge in [-0.25, -0.2) is 4.79 Å². The van der Waals surface area contributed by atoms with E-state index in [0.717, 1.165) is 0 Å². The second-order valence-electron chi connectivity index (χ2n) is 2.16. The number of hydrogen-bond acceptors (Lipinski definition) is 2. The molecule has 0 aromatic heterocycles. The number of benzene rings is 1. The first-order valence-electron chi connectivity index (χ1n) is 3.17. The van der Waals surface area contributed by atoms with E-state index in [1.54, 1.807) is 12.1 Å². The number of aromatic carboxylic acids is 1. The minimum absolute atomic E-state index is 0. The highest BCUT2D eigenvalue weighted by Crippen LogP contribution is 2.04. The summed E-state index contributed by atoms with van der Waals surface area (Å²) in [4.78, 5) is 10.4. The zero-order chi connectivity index (χ0) is 8.27. The van der Waals surface area contributed by atoms with Crippen molar-refractivity contribution in [1.29, 1.82) is 0 Å². The Hall–Kier alpha value is -1.39. The molecular weight excluding hydrogens is 160 g/mol. The molecule has 4 heteroatoms. The van der Waals surface area contributed by atoms with Gasteiger partial charge in [-0.3, -0.25) is 0 Å². The van der Waals surface area contributed by atoms with Crippen molar-refractivity contribution >= 4 is 5.97 Å². The van der Waals surface area contributed by atoms with E-state index in [1.807, 2.05) is 0 Å². The Balaban J connectivity index is 0.00000121. The third-order valence-electron chi connectivity index (χ3n) is 1.36. The summed E-state index contributed by atoms with van der Waals surface area (Å²) in [6.07, 6.45) is 0. The molecular formula is C8H10O4. The highest BCUT2D eigenvalue weighted by molar-refractivity contribution is 5.87. The van der Waals surface area contributed by atoms with Gasteiger partial charge in [-0.2, -0.15) is 0 Å². The normalized spacial score (nSPS) is 8.75. The van der Waals surface area contributed by atoms with Crippen molar-refractivity contribution in [1.82, 2.24) is 0 Å². The van der Waals surface area contributed by atoms with Crippen molar-refractivity contribution in [3.8, 4) is 0 Å². The summed E-state index contributed by atoms with van der Waals surface area (Å²) in [6.45, 7) is -0.124. The molecule has 0 heterocycles. The van der Waals surface area contributed by atoms with Crippen molar-refractivity contribution in [3.05, 3.63) is 35.4 Å². The number of hydrogen-bond donors (Lipinski definition) is 2. The van der Waals surface area contributed by atoms with Gasteiger partial charge < -0.3 is 15.7 Å². The van der Waals surface area contributed by atoms with Gasteiger partial charge in [-0.05, 0) is 17.7 Å². The maximum absolute atomic E-state index is 10.4. The van der Waals surface area contributed by atoms with Gasteiger partial charge in [0.25, 0.3) is 0 Å². The van der Waals surface area contributed by atoms with Crippen LogP contribution in [0.3, 0.4) is 0 Å². The molecule has 0 atom stereocenters. The van der Waals surface area contributed by atoms with Crippen LogP contribution in [0.15, 0.2) is 24.3 Å². The van der Waals surface area contributed by atoms with Gasteiger partial charge in [0.2, 0.25) is 0 Å². The minimum atomic E-state index is -0.972. The Labute approximate surface area is 69.4 Å². The fourth-order valence-corrected chi connectivity index (χ4v) is 0.803. The molecule has 0 amide bonds. The number of aliphatic hydroxyl groups is 1. The summed E-state index contributed by atoms with van der Waals surface area (Å²) >= 11 is 0.